The molecule has 4 rings (SSSR count). The molecular formula is C22H25NO4. The van der Waals surface area contributed by atoms with E-state index in [1.165, 1.54) is 6.42 Å². The summed E-state index contributed by atoms with van der Waals surface area (Å²) in [5.41, 5.74) is 1.18. The summed E-state index contributed by atoms with van der Waals surface area (Å²) in [6.07, 6.45) is 2.83. The third-order valence-electron chi connectivity index (χ3n) is 5.28. The van der Waals surface area contributed by atoms with Crippen LogP contribution in [0.25, 0.3) is 6.08 Å². The lowest BCUT2D eigenvalue weighted by Gasteiger charge is -2.35. The number of ether oxygens (including phenoxy) is 1. The summed E-state index contributed by atoms with van der Waals surface area (Å²) >= 11 is 0. The van der Waals surface area contributed by atoms with Gasteiger partial charge in [0.05, 0.1) is 11.1 Å². The molecule has 0 spiro atoms. The first-order valence-electron chi connectivity index (χ1n) is 9.48. The standard InChI is InChI=1S/C22H25NO4/c1-13-8-14(2)11-23(10-13)12-18-19(24)7-6-17-21(25)20(27-22(17)18)9-16-5-4-15(3)26-16/h4-7,9,13-14,24H,8,10-12H2,1-3H3/t13-,14+. The fourth-order valence-electron chi connectivity index (χ4n) is 4.25. The van der Waals surface area contributed by atoms with Gasteiger partial charge in [-0.15, -0.1) is 0 Å². The van der Waals surface area contributed by atoms with Crippen molar-refractivity contribution < 1.29 is 19.1 Å². The SMILES string of the molecule is Cc1ccc(C=C2Oc3c(ccc(O)c3CN3C[C@H](C)C[C@H](C)C3)C2=O)o1. The maximum absolute atomic E-state index is 12.7. The molecule has 0 radical (unpaired) electrons. The number of Topliss-reactive ketones (excluding diaryl/α,β-unsaturated/α-hetero) is 1. The molecule has 1 aromatic carbocycles. The van der Waals surface area contributed by atoms with Gasteiger partial charge in [0.15, 0.2) is 5.76 Å². The fourth-order valence-corrected chi connectivity index (χ4v) is 4.25. The van der Waals surface area contributed by atoms with Crippen molar-refractivity contribution in [2.24, 2.45) is 11.8 Å². The number of allylic oxidation sites excluding steroid dienone is 1. The van der Waals surface area contributed by atoms with Crippen molar-refractivity contribution in [3.05, 3.63) is 52.7 Å². The van der Waals surface area contributed by atoms with E-state index in [-0.39, 0.29) is 17.3 Å². The zero-order valence-corrected chi connectivity index (χ0v) is 16.0. The van der Waals surface area contributed by atoms with E-state index in [2.05, 4.69) is 18.7 Å². The van der Waals surface area contributed by atoms with Gasteiger partial charge in [-0.05, 0) is 49.4 Å². The molecule has 2 aromatic rings. The Morgan fingerprint density at radius 2 is 1.93 bits per heavy atom. The number of nitrogens with zero attached hydrogens (tertiary/aromatic N) is 1. The van der Waals surface area contributed by atoms with E-state index in [0.717, 1.165) is 18.8 Å². The Balaban J connectivity index is 1.63. The van der Waals surface area contributed by atoms with Crippen molar-refractivity contribution in [2.75, 3.05) is 13.1 Å². The lowest BCUT2D eigenvalue weighted by molar-refractivity contribution is 0.101. The Kier molecular flexibility index (Phi) is 4.56. The Morgan fingerprint density at radius 1 is 1.19 bits per heavy atom. The smallest absolute Gasteiger partial charge is 0.232 e. The number of hydrogen-bond acceptors (Lipinski definition) is 5. The lowest BCUT2D eigenvalue weighted by atomic mass is 9.91. The quantitative estimate of drug-likeness (QED) is 0.815. The Morgan fingerprint density at radius 3 is 2.59 bits per heavy atom. The minimum atomic E-state index is -0.180. The number of benzene rings is 1. The van der Waals surface area contributed by atoms with Crippen LogP contribution in [-0.2, 0) is 6.54 Å². The molecule has 0 amide bonds. The van der Waals surface area contributed by atoms with E-state index in [0.29, 0.717) is 41.0 Å². The van der Waals surface area contributed by atoms with E-state index in [1.54, 1.807) is 24.3 Å². The monoisotopic (exact) mass is 367 g/mol. The molecule has 2 aliphatic heterocycles. The van der Waals surface area contributed by atoms with Crippen LogP contribution in [0.15, 0.2) is 34.4 Å². The van der Waals surface area contributed by atoms with Gasteiger partial charge in [-0.25, -0.2) is 0 Å². The first-order valence-corrected chi connectivity index (χ1v) is 9.48. The third-order valence-corrected chi connectivity index (χ3v) is 5.28. The summed E-state index contributed by atoms with van der Waals surface area (Å²) in [4.78, 5) is 15.1. The molecule has 2 atom stereocenters. The highest BCUT2D eigenvalue weighted by molar-refractivity contribution is 6.14. The van der Waals surface area contributed by atoms with Gasteiger partial charge < -0.3 is 14.3 Å². The normalized spacial score (nSPS) is 24.3. The van der Waals surface area contributed by atoms with Crippen LogP contribution < -0.4 is 4.74 Å². The van der Waals surface area contributed by atoms with Crippen LogP contribution in [0.5, 0.6) is 11.5 Å². The highest BCUT2D eigenvalue weighted by Crippen LogP contribution is 2.40. The van der Waals surface area contributed by atoms with Crippen LogP contribution >= 0.6 is 0 Å². The van der Waals surface area contributed by atoms with Gasteiger partial charge in [0, 0.05) is 25.7 Å². The maximum atomic E-state index is 12.7. The van der Waals surface area contributed by atoms with E-state index >= 15 is 0 Å². The summed E-state index contributed by atoms with van der Waals surface area (Å²) < 4.78 is 11.4. The zero-order chi connectivity index (χ0) is 19.1. The Labute approximate surface area is 159 Å². The summed E-state index contributed by atoms with van der Waals surface area (Å²) in [6.45, 7) is 8.90. The molecule has 3 heterocycles. The van der Waals surface area contributed by atoms with Gasteiger partial charge in [0.2, 0.25) is 5.78 Å². The number of phenolic OH excluding ortho intramolecular Hbond substituents is 1. The number of piperidine rings is 1. The van der Waals surface area contributed by atoms with Crippen molar-refractivity contribution in [1.82, 2.24) is 4.90 Å². The first kappa shape index (κ1) is 17.9. The number of rotatable bonds is 3. The second kappa shape index (κ2) is 6.89. The number of hydrogen-bond donors (Lipinski definition) is 1. The minimum absolute atomic E-state index is 0.169. The largest absolute Gasteiger partial charge is 0.507 e. The molecule has 5 nitrogen and oxygen atoms in total. The van der Waals surface area contributed by atoms with E-state index < -0.39 is 0 Å². The molecule has 0 unspecified atom stereocenters. The van der Waals surface area contributed by atoms with Gasteiger partial charge in [-0.1, -0.05) is 13.8 Å². The van der Waals surface area contributed by atoms with Crippen LogP contribution in [0.4, 0.5) is 0 Å². The van der Waals surface area contributed by atoms with Crippen molar-refractivity contribution in [3.8, 4) is 11.5 Å². The number of fused-ring (bicyclic) bond motifs is 1. The number of aryl methyl sites for hydroxylation is 1. The molecule has 0 aliphatic carbocycles. The fraction of sp³-hybridized carbons (Fsp3) is 0.409. The summed E-state index contributed by atoms with van der Waals surface area (Å²) in [7, 11) is 0. The third kappa shape index (κ3) is 3.52. The first-order chi connectivity index (χ1) is 12.9. The summed E-state index contributed by atoms with van der Waals surface area (Å²) in [5.74, 6) is 3.28. The number of carbonyl (C=O) groups excluding carboxylic acids is 1. The molecule has 5 heteroatoms. The molecular weight excluding hydrogens is 342 g/mol. The molecule has 2 aliphatic rings. The molecule has 0 saturated carbocycles. The number of likely N-dealkylation sites (tertiary alicyclic amines) is 1. The van der Waals surface area contributed by atoms with Crippen LogP contribution in [-0.4, -0.2) is 28.9 Å². The number of ketones is 1. The predicted octanol–water partition coefficient (Wildman–Crippen LogP) is 4.39. The van der Waals surface area contributed by atoms with E-state index in [9.17, 15) is 9.90 Å². The molecule has 1 N–H and O–H groups in total. The topological polar surface area (TPSA) is 62.9 Å². The van der Waals surface area contributed by atoms with Crippen LogP contribution in [0.2, 0.25) is 0 Å². The van der Waals surface area contributed by atoms with Gasteiger partial charge in [-0.2, -0.15) is 0 Å². The molecule has 1 aromatic heterocycles. The van der Waals surface area contributed by atoms with Crippen LogP contribution in [0.3, 0.4) is 0 Å². The molecule has 27 heavy (non-hydrogen) atoms. The molecule has 142 valence electrons. The van der Waals surface area contributed by atoms with E-state index in [4.69, 9.17) is 9.15 Å². The van der Waals surface area contributed by atoms with Crippen LogP contribution in [0.1, 0.15) is 47.7 Å². The molecule has 1 saturated heterocycles. The van der Waals surface area contributed by atoms with Crippen LogP contribution in [0, 0.1) is 18.8 Å². The van der Waals surface area contributed by atoms with Gasteiger partial charge in [0.25, 0.3) is 0 Å². The maximum Gasteiger partial charge on any atom is 0.232 e. The number of furan rings is 1. The Hall–Kier alpha value is -2.53. The lowest BCUT2D eigenvalue weighted by Crippen LogP contribution is -2.38. The average Bonchev–Trinajstić information content (AvgIpc) is 3.14. The highest BCUT2D eigenvalue weighted by Gasteiger charge is 2.33. The number of phenols is 1. The van der Waals surface area contributed by atoms with Crippen molar-refractivity contribution >= 4 is 11.9 Å². The van der Waals surface area contributed by atoms with Crippen molar-refractivity contribution in [1.29, 1.82) is 0 Å². The van der Waals surface area contributed by atoms with Crippen molar-refractivity contribution in [3.63, 3.8) is 0 Å². The van der Waals surface area contributed by atoms with Gasteiger partial charge in [-0.3, -0.25) is 9.69 Å². The van der Waals surface area contributed by atoms with Crippen molar-refractivity contribution in [2.45, 2.75) is 33.7 Å². The second-order valence-electron chi connectivity index (χ2n) is 7.97. The predicted molar refractivity (Wildman–Crippen MR) is 103 cm³/mol. The molecule has 1 fully saturated rings. The van der Waals surface area contributed by atoms with E-state index in [1.807, 2.05) is 13.0 Å². The Bertz CT molecular complexity index is 901. The average molecular weight is 367 g/mol. The van der Waals surface area contributed by atoms with Gasteiger partial charge in [0.1, 0.15) is 23.0 Å². The number of aromatic hydroxyl groups is 1. The highest BCUT2D eigenvalue weighted by atomic mass is 16.5. The zero-order valence-electron chi connectivity index (χ0n) is 16.0. The molecule has 0 bridgehead atoms. The second-order valence-corrected chi connectivity index (χ2v) is 7.97. The minimum Gasteiger partial charge on any atom is -0.507 e. The number of carbonyl (C=O) groups is 1. The van der Waals surface area contributed by atoms with Gasteiger partial charge >= 0.3 is 0 Å². The summed E-state index contributed by atoms with van der Waals surface area (Å²) in [5, 5.41) is 10.4. The summed E-state index contributed by atoms with van der Waals surface area (Å²) in [6, 6.07) is 6.87.